The summed E-state index contributed by atoms with van der Waals surface area (Å²) in [7, 11) is 0. The van der Waals surface area contributed by atoms with E-state index in [0.29, 0.717) is 24.8 Å². The second-order valence-corrected chi connectivity index (χ2v) is 6.66. The Morgan fingerprint density at radius 3 is 2.92 bits per heavy atom. The standard InChI is InChI=1S/C18H23ClN4O/c19-16-4-2-1-3-15(16)13-23-12-11-21-18(23)22-17(24)6-5-14-7-9-20-10-8-14/h1-4,11-12,14,20H,5-10,13H2,(H,21,22,24). The molecule has 1 aliphatic heterocycles. The predicted molar refractivity (Wildman–Crippen MR) is 96.2 cm³/mol. The lowest BCUT2D eigenvalue weighted by Crippen LogP contribution is -2.28. The molecule has 1 aromatic carbocycles. The van der Waals surface area contributed by atoms with Crippen molar-refractivity contribution in [1.29, 1.82) is 0 Å². The number of rotatable bonds is 6. The highest BCUT2D eigenvalue weighted by molar-refractivity contribution is 6.31. The summed E-state index contributed by atoms with van der Waals surface area (Å²) in [4.78, 5) is 16.5. The van der Waals surface area contributed by atoms with Gasteiger partial charge < -0.3 is 9.88 Å². The summed E-state index contributed by atoms with van der Waals surface area (Å²) in [5.41, 5.74) is 1.00. The minimum Gasteiger partial charge on any atom is -0.317 e. The van der Waals surface area contributed by atoms with Crippen LogP contribution in [-0.4, -0.2) is 28.5 Å². The fraction of sp³-hybridized carbons (Fsp3) is 0.444. The number of amides is 1. The van der Waals surface area contributed by atoms with E-state index in [0.717, 1.165) is 42.9 Å². The Morgan fingerprint density at radius 2 is 2.12 bits per heavy atom. The summed E-state index contributed by atoms with van der Waals surface area (Å²) in [6.07, 6.45) is 7.36. The molecule has 0 spiro atoms. The van der Waals surface area contributed by atoms with Crippen LogP contribution < -0.4 is 10.6 Å². The van der Waals surface area contributed by atoms with Crippen molar-refractivity contribution in [1.82, 2.24) is 14.9 Å². The third kappa shape index (κ3) is 4.58. The van der Waals surface area contributed by atoms with Crippen LogP contribution in [-0.2, 0) is 11.3 Å². The van der Waals surface area contributed by atoms with E-state index in [1.807, 2.05) is 35.0 Å². The molecule has 0 unspecified atom stereocenters. The van der Waals surface area contributed by atoms with Gasteiger partial charge >= 0.3 is 0 Å². The summed E-state index contributed by atoms with van der Waals surface area (Å²) >= 11 is 6.21. The summed E-state index contributed by atoms with van der Waals surface area (Å²) in [5, 5.41) is 6.99. The summed E-state index contributed by atoms with van der Waals surface area (Å²) in [6, 6.07) is 7.70. The molecule has 1 aliphatic rings. The maximum absolute atomic E-state index is 12.2. The number of benzene rings is 1. The van der Waals surface area contributed by atoms with E-state index in [2.05, 4.69) is 15.6 Å². The third-order valence-corrected chi connectivity index (χ3v) is 4.87. The van der Waals surface area contributed by atoms with Crippen LogP contribution in [0.25, 0.3) is 0 Å². The Kier molecular flexibility index (Phi) is 5.88. The first kappa shape index (κ1) is 17.0. The zero-order valence-corrected chi connectivity index (χ0v) is 14.4. The lowest BCUT2D eigenvalue weighted by molar-refractivity contribution is -0.116. The Bertz CT molecular complexity index is 679. The lowest BCUT2D eigenvalue weighted by atomic mass is 9.93. The molecule has 2 aromatic rings. The minimum absolute atomic E-state index is 0.0279. The number of aromatic nitrogens is 2. The molecule has 5 nitrogen and oxygen atoms in total. The lowest BCUT2D eigenvalue weighted by Gasteiger charge is -2.22. The maximum Gasteiger partial charge on any atom is 0.226 e. The van der Waals surface area contributed by atoms with Gasteiger partial charge in [0.25, 0.3) is 0 Å². The van der Waals surface area contributed by atoms with Crippen LogP contribution in [0.15, 0.2) is 36.7 Å². The molecule has 6 heteroatoms. The van der Waals surface area contributed by atoms with Gasteiger partial charge in [-0.2, -0.15) is 0 Å². The first-order valence-electron chi connectivity index (χ1n) is 8.47. The number of hydrogen-bond acceptors (Lipinski definition) is 3. The fourth-order valence-electron chi connectivity index (χ4n) is 3.06. The quantitative estimate of drug-likeness (QED) is 0.843. The number of imidazole rings is 1. The summed E-state index contributed by atoms with van der Waals surface area (Å²) < 4.78 is 1.91. The molecule has 0 saturated carbocycles. The zero-order chi connectivity index (χ0) is 16.8. The normalized spacial score (nSPS) is 15.4. The van der Waals surface area contributed by atoms with Crippen molar-refractivity contribution in [3.05, 3.63) is 47.2 Å². The van der Waals surface area contributed by atoms with Gasteiger partial charge in [-0.25, -0.2) is 4.98 Å². The van der Waals surface area contributed by atoms with Gasteiger partial charge in [-0.15, -0.1) is 0 Å². The van der Waals surface area contributed by atoms with Crippen LogP contribution in [0.4, 0.5) is 5.95 Å². The van der Waals surface area contributed by atoms with E-state index in [4.69, 9.17) is 11.6 Å². The summed E-state index contributed by atoms with van der Waals surface area (Å²) in [5.74, 6) is 1.25. The molecule has 1 saturated heterocycles. The highest BCUT2D eigenvalue weighted by atomic mass is 35.5. The molecule has 2 heterocycles. The average molecular weight is 347 g/mol. The largest absolute Gasteiger partial charge is 0.317 e. The van der Waals surface area contributed by atoms with Gasteiger partial charge in [-0.3, -0.25) is 10.1 Å². The number of nitrogens with one attached hydrogen (secondary N) is 2. The van der Waals surface area contributed by atoms with Crippen molar-refractivity contribution in [3.8, 4) is 0 Å². The highest BCUT2D eigenvalue weighted by Gasteiger charge is 2.15. The fourth-order valence-corrected chi connectivity index (χ4v) is 3.26. The van der Waals surface area contributed by atoms with Crippen molar-refractivity contribution in [2.75, 3.05) is 18.4 Å². The Hall–Kier alpha value is -1.85. The van der Waals surface area contributed by atoms with Gasteiger partial charge in [-0.05, 0) is 49.9 Å². The van der Waals surface area contributed by atoms with E-state index >= 15 is 0 Å². The van der Waals surface area contributed by atoms with Crippen molar-refractivity contribution in [2.45, 2.75) is 32.2 Å². The second-order valence-electron chi connectivity index (χ2n) is 6.25. The number of carbonyl (C=O) groups excluding carboxylic acids is 1. The first-order valence-corrected chi connectivity index (χ1v) is 8.85. The molecule has 24 heavy (non-hydrogen) atoms. The smallest absolute Gasteiger partial charge is 0.226 e. The molecular weight excluding hydrogens is 324 g/mol. The van der Waals surface area contributed by atoms with Crippen LogP contribution in [0.3, 0.4) is 0 Å². The molecule has 3 rings (SSSR count). The van der Waals surface area contributed by atoms with E-state index in [9.17, 15) is 4.79 Å². The Morgan fingerprint density at radius 1 is 1.33 bits per heavy atom. The molecule has 1 aromatic heterocycles. The number of nitrogens with zero attached hydrogens (tertiary/aromatic N) is 2. The molecule has 128 valence electrons. The molecule has 1 fully saturated rings. The van der Waals surface area contributed by atoms with Gasteiger partial charge in [0.1, 0.15) is 0 Å². The summed E-state index contributed by atoms with van der Waals surface area (Å²) in [6.45, 7) is 2.71. The van der Waals surface area contributed by atoms with Crippen LogP contribution >= 0.6 is 11.6 Å². The van der Waals surface area contributed by atoms with Crippen LogP contribution in [0.2, 0.25) is 5.02 Å². The molecule has 0 bridgehead atoms. The van der Waals surface area contributed by atoms with Gasteiger partial charge in [0.15, 0.2) is 0 Å². The molecular formula is C18H23ClN4O. The second kappa shape index (κ2) is 8.31. The van der Waals surface area contributed by atoms with Crippen LogP contribution in [0, 0.1) is 5.92 Å². The van der Waals surface area contributed by atoms with Crippen molar-refractivity contribution < 1.29 is 4.79 Å². The molecule has 1 amide bonds. The first-order chi connectivity index (χ1) is 11.7. The molecule has 0 atom stereocenters. The minimum atomic E-state index is 0.0279. The number of anilines is 1. The van der Waals surface area contributed by atoms with E-state index in [1.165, 1.54) is 0 Å². The molecule has 0 radical (unpaired) electrons. The van der Waals surface area contributed by atoms with Crippen molar-refractivity contribution in [2.24, 2.45) is 5.92 Å². The van der Waals surface area contributed by atoms with Crippen LogP contribution in [0.5, 0.6) is 0 Å². The number of hydrogen-bond donors (Lipinski definition) is 2. The number of piperidine rings is 1. The third-order valence-electron chi connectivity index (χ3n) is 4.50. The van der Waals surface area contributed by atoms with Gasteiger partial charge in [0.05, 0.1) is 6.54 Å². The Balaban J connectivity index is 1.55. The average Bonchev–Trinajstić information content (AvgIpc) is 3.03. The SMILES string of the molecule is O=C(CCC1CCNCC1)Nc1nccn1Cc1ccccc1Cl. The topological polar surface area (TPSA) is 59.0 Å². The van der Waals surface area contributed by atoms with Gasteiger partial charge in [-0.1, -0.05) is 29.8 Å². The molecule has 0 aliphatic carbocycles. The van der Waals surface area contributed by atoms with E-state index in [1.54, 1.807) is 6.20 Å². The zero-order valence-electron chi connectivity index (χ0n) is 13.7. The van der Waals surface area contributed by atoms with Gasteiger partial charge in [0.2, 0.25) is 11.9 Å². The van der Waals surface area contributed by atoms with Gasteiger partial charge in [0, 0.05) is 23.8 Å². The van der Waals surface area contributed by atoms with Crippen molar-refractivity contribution >= 4 is 23.5 Å². The van der Waals surface area contributed by atoms with Crippen molar-refractivity contribution in [3.63, 3.8) is 0 Å². The monoisotopic (exact) mass is 346 g/mol. The Labute approximate surface area is 147 Å². The highest BCUT2D eigenvalue weighted by Crippen LogP contribution is 2.20. The molecule has 2 N–H and O–H groups in total. The number of halogens is 1. The van der Waals surface area contributed by atoms with Crippen LogP contribution in [0.1, 0.15) is 31.2 Å². The van der Waals surface area contributed by atoms with E-state index in [-0.39, 0.29) is 5.91 Å². The van der Waals surface area contributed by atoms with E-state index < -0.39 is 0 Å². The maximum atomic E-state index is 12.2. The predicted octanol–water partition coefficient (Wildman–Crippen LogP) is 3.30. The number of carbonyl (C=O) groups is 1.